The number of para-hydroxylation sites is 1. The molecular formula is C31H30FN3O4. The number of halogens is 1. The Kier molecular flexibility index (Phi) is 7.19. The van der Waals surface area contributed by atoms with Gasteiger partial charge in [0, 0.05) is 17.6 Å². The van der Waals surface area contributed by atoms with E-state index in [-0.39, 0.29) is 35.8 Å². The molecule has 5 rings (SSSR count). The number of nitrogens with one attached hydrogen (secondary N) is 1. The quantitative estimate of drug-likeness (QED) is 0.324. The third-order valence-electron chi connectivity index (χ3n) is 6.59. The van der Waals surface area contributed by atoms with Crippen LogP contribution in [0.4, 0.5) is 10.1 Å². The molecule has 1 N–H and O–H groups in total. The zero-order valence-corrected chi connectivity index (χ0v) is 22.1. The van der Waals surface area contributed by atoms with Crippen molar-refractivity contribution in [2.75, 3.05) is 11.9 Å². The maximum atomic E-state index is 14.3. The predicted molar refractivity (Wildman–Crippen MR) is 145 cm³/mol. The second-order valence-electron chi connectivity index (χ2n) is 10.6. The fourth-order valence-electron chi connectivity index (χ4n) is 4.71. The normalized spacial score (nSPS) is 15.0. The summed E-state index contributed by atoms with van der Waals surface area (Å²) in [5.41, 5.74) is 2.87. The molecule has 1 aromatic heterocycles. The van der Waals surface area contributed by atoms with Gasteiger partial charge in [-0.2, -0.15) is 0 Å². The Morgan fingerprint density at radius 1 is 1.08 bits per heavy atom. The molecule has 0 spiro atoms. The fourth-order valence-corrected chi connectivity index (χ4v) is 4.71. The number of fused-ring (bicyclic) bond motifs is 1. The highest BCUT2D eigenvalue weighted by Gasteiger charge is 2.37. The average molecular weight is 528 g/mol. The number of benzene rings is 3. The maximum Gasteiger partial charge on any atom is 0.277 e. The molecule has 39 heavy (non-hydrogen) atoms. The highest BCUT2D eigenvalue weighted by molar-refractivity contribution is 6.02. The number of oxazole rings is 1. The lowest BCUT2D eigenvalue weighted by atomic mass is 9.85. The van der Waals surface area contributed by atoms with Gasteiger partial charge in [0.2, 0.25) is 11.8 Å². The van der Waals surface area contributed by atoms with Gasteiger partial charge in [0.15, 0.2) is 12.3 Å². The van der Waals surface area contributed by atoms with E-state index in [4.69, 9.17) is 9.15 Å². The van der Waals surface area contributed by atoms with Crippen molar-refractivity contribution in [2.24, 2.45) is 5.41 Å². The van der Waals surface area contributed by atoms with Crippen LogP contribution in [0.25, 0.3) is 0 Å². The van der Waals surface area contributed by atoms with E-state index >= 15 is 0 Å². The topological polar surface area (TPSA) is 84.7 Å². The van der Waals surface area contributed by atoms with Crippen molar-refractivity contribution < 1.29 is 23.1 Å². The van der Waals surface area contributed by atoms with Gasteiger partial charge < -0.3 is 19.4 Å². The minimum atomic E-state index is -0.591. The summed E-state index contributed by atoms with van der Waals surface area (Å²) in [7, 11) is 0. The van der Waals surface area contributed by atoms with E-state index < -0.39 is 11.5 Å². The molecule has 1 atom stereocenters. The first-order valence-corrected chi connectivity index (χ1v) is 12.8. The van der Waals surface area contributed by atoms with E-state index in [1.54, 1.807) is 18.2 Å². The number of rotatable bonds is 6. The third-order valence-corrected chi connectivity index (χ3v) is 6.59. The number of aromatic nitrogens is 1. The van der Waals surface area contributed by atoms with Gasteiger partial charge in [-0.3, -0.25) is 9.59 Å². The molecule has 1 aliphatic heterocycles. The van der Waals surface area contributed by atoms with E-state index in [1.807, 2.05) is 68.1 Å². The van der Waals surface area contributed by atoms with Gasteiger partial charge in [-0.1, -0.05) is 57.2 Å². The lowest BCUT2D eigenvalue weighted by Gasteiger charge is -2.41. The smallest absolute Gasteiger partial charge is 0.277 e. The molecule has 1 unspecified atom stereocenters. The summed E-state index contributed by atoms with van der Waals surface area (Å²) in [6, 6.07) is 20.7. The van der Waals surface area contributed by atoms with Gasteiger partial charge >= 0.3 is 0 Å². The maximum absolute atomic E-state index is 14.3. The second-order valence-corrected chi connectivity index (χ2v) is 10.6. The summed E-state index contributed by atoms with van der Waals surface area (Å²) in [5.74, 6) is 0.0541. The number of hydrogen-bond donors (Lipinski definition) is 1. The van der Waals surface area contributed by atoms with Gasteiger partial charge in [-0.25, -0.2) is 9.37 Å². The van der Waals surface area contributed by atoms with Crippen molar-refractivity contribution in [3.8, 4) is 5.75 Å². The predicted octanol–water partition coefficient (Wildman–Crippen LogP) is 6.17. The van der Waals surface area contributed by atoms with Crippen molar-refractivity contribution in [2.45, 2.75) is 39.8 Å². The fraction of sp³-hybridized carbons (Fsp3) is 0.258. The Bertz CT molecular complexity index is 1490. The van der Waals surface area contributed by atoms with Gasteiger partial charge in [0.05, 0.1) is 6.04 Å². The minimum Gasteiger partial charge on any atom is -0.484 e. The van der Waals surface area contributed by atoms with Gasteiger partial charge in [-0.15, -0.1) is 0 Å². The van der Waals surface area contributed by atoms with Crippen LogP contribution in [0.15, 0.2) is 83.5 Å². The minimum absolute atomic E-state index is 0.00479. The molecule has 7 nitrogen and oxygen atoms in total. The Balaban J connectivity index is 1.36. The van der Waals surface area contributed by atoms with Crippen molar-refractivity contribution in [3.05, 3.63) is 113 Å². The lowest BCUT2D eigenvalue weighted by molar-refractivity contribution is -0.141. The molecule has 0 fully saturated rings. The van der Waals surface area contributed by atoms with Crippen LogP contribution in [0, 0.1) is 11.2 Å². The summed E-state index contributed by atoms with van der Waals surface area (Å²) in [6.07, 6.45) is 1.97. The molecule has 8 heteroatoms. The number of anilines is 1. The largest absolute Gasteiger partial charge is 0.484 e. The molecule has 0 aliphatic carbocycles. The molecule has 200 valence electrons. The SMILES string of the molecule is CC(C)(C)C(=O)N1CCc2ccc(OCc3nc(C(=O)Nc4ccccc4)co3)cc2C1c1cccc(F)c1. The number of carbonyl (C=O) groups excluding carboxylic acids is 2. The number of ether oxygens (including phenoxy) is 1. The van der Waals surface area contributed by atoms with E-state index in [2.05, 4.69) is 10.3 Å². The summed E-state index contributed by atoms with van der Waals surface area (Å²) in [6.45, 7) is 6.20. The standard InChI is InChI=1S/C31H30FN3O4/c1-31(2,3)30(37)35-15-14-20-12-13-24(17-25(20)28(35)21-8-7-9-22(32)16-21)38-19-27-34-26(18-39-27)29(36)33-23-10-5-4-6-11-23/h4-13,16-18,28H,14-15,19H2,1-3H3,(H,33,36). The van der Waals surface area contributed by atoms with Crippen molar-refractivity contribution in [1.29, 1.82) is 0 Å². The van der Waals surface area contributed by atoms with E-state index in [0.717, 1.165) is 11.1 Å². The Labute approximate surface area is 226 Å². The van der Waals surface area contributed by atoms with Gasteiger partial charge in [-0.05, 0) is 59.5 Å². The Morgan fingerprint density at radius 3 is 2.62 bits per heavy atom. The lowest BCUT2D eigenvalue weighted by Crippen LogP contribution is -2.45. The van der Waals surface area contributed by atoms with Crippen LogP contribution in [0.5, 0.6) is 5.75 Å². The van der Waals surface area contributed by atoms with E-state index in [9.17, 15) is 14.0 Å². The monoisotopic (exact) mass is 527 g/mol. The molecule has 4 aromatic rings. The van der Waals surface area contributed by atoms with Crippen LogP contribution in [0.1, 0.15) is 59.9 Å². The number of nitrogens with zero attached hydrogens (tertiary/aromatic N) is 2. The van der Waals surface area contributed by atoms with Crippen LogP contribution in [-0.2, 0) is 17.8 Å². The van der Waals surface area contributed by atoms with Crippen LogP contribution in [0.2, 0.25) is 0 Å². The molecule has 3 aromatic carbocycles. The molecule has 2 heterocycles. The van der Waals surface area contributed by atoms with Crippen molar-refractivity contribution in [1.82, 2.24) is 9.88 Å². The van der Waals surface area contributed by atoms with Gasteiger partial charge in [0.1, 0.15) is 17.8 Å². The first-order valence-electron chi connectivity index (χ1n) is 12.8. The zero-order valence-electron chi connectivity index (χ0n) is 22.1. The number of carbonyl (C=O) groups is 2. The van der Waals surface area contributed by atoms with Crippen LogP contribution in [0.3, 0.4) is 0 Å². The molecule has 0 saturated carbocycles. The summed E-state index contributed by atoms with van der Waals surface area (Å²) in [5, 5.41) is 2.77. The third kappa shape index (κ3) is 5.85. The van der Waals surface area contributed by atoms with Crippen LogP contribution in [-0.4, -0.2) is 28.2 Å². The van der Waals surface area contributed by atoms with E-state index in [1.165, 1.54) is 18.4 Å². The first-order chi connectivity index (χ1) is 18.7. The Hall–Kier alpha value is -4.46. The zero-order chi connectivity index (χ0) is 27.6. The molecule has 0 saturated heterocycles. The number of amides is 2. The molecule has 0 bridgehead atoms. The Morgan fingerprint density at radius 2 is 1.87 bits per heavy atom. The van der Waals surface area contributed by atoms with E-state index in [0.29, 0.717) is 30.0 Å². The van der Waals surface area contributed by atoms with Crippen LogP contribution < -0.4 is 10.1 Å². The first kappa shape index (κ1) is 26.2. The molecule has 1 aliphatic rings. The number of hydrogen-bond acceptors (Lipinski definition) is 5. The molecule has 0 radical (unpaired) electrons. The summed E-state index contributed by atoms with van der Waals surface area (Å²) in [4.78, 5) is 32.0. The summed E-state index contributed by atoms with van der Waals surface area (Å²) < 4.78 is 25.7. The molecular weight excluding hydrogens is 497 g/mol. The van der Waals surface area contributed by atoms with Gasteiger partial charge in [0.25, 0.3) is 5.91 Å². The highest BCUT2D eigenvalue weighted by Crippen LogP contribution is 2.39. The average Bonchev–Trinajstić information content (AvgIpc) is 3.40. The summed E-state index contributed by atoms with van der Waals surface area (Å²) >= 11 is 0. The van der Waals surface area contributed by atoms with Crippen molar-refractivity contribution in [3.63, 3.8) is 0 Å². The highest BCUT2D eigenvalue weighted by atomic mass is 19.1. The van der Waals surface area contributed by atoms with Crippen LogP contribution >= 0.6 is 0 Å². The molecule has 2 amide bonds. The van der Waals surface area contributed by atoms with Crippen molar-refractivity contribution >= 4 is 17.5 Å². The second kappa shape index (κ2) is 10.7.